The van der Waals surface area contributed by atoms with Gasteiger partial charge in [-0.25, -0.2) is 0 Å². The molecule has 76 valence electrons. The molecule has 1 aromatic carbocycles. The standard InChI is InChI=1S/C12H10O3/c1-2-15-11-7-10(13)12(14)9-6-4-3-5-8(9)11/h3-7H,2H2,1H3. The van der Waals surface area contributed by atoms with E-state index in [2.05, 4.69) is 0 Å². The highest BCUT2D eigenvalue weighted by molar-refractivity contribution is 6.50. The van der Waals surface area contributed by atoms with Crippen molar-refractivity contribution in [1.29, 1.82) is 0 Å². The predicted molar refractivity (Wildman–Crippen MR) is 55.4 cm³/mol. The fourth-order valence-corrected chi connectivity index (χ4v) is 1.57. The molecule has 0 aromatic heterocycles. The number of carbonyl (C=O) groups excluding carboxylic acids is 2. The second-order valence-electron chi connectivity index (χ2n) is 3.18. The molecule has 1 aliphatic rings. The minimum atomic E-state index is -0.517. The van der Waals surface area contributed by atoms with E-state index in [1.807, 2.05) is 13.0 Å². The molecule has 0 fully saturated rings. The number of benzene rings is 1. The number of hydrogen-bond donors (Lipinski definition) is 0. The number of fused-ring (bicyclic) bond motifs is 1. The fourth-order valence-electron chi connectivity index (χ4n) is 1.57. The number of ketones is 2. The van der Waals surface area contributed by atoms with Gasteiger partial charge in [-0.3, -0.25) is 9.59 Å². The van der Waals surface area contributed by atoms with E-state index in [0.717, 1.165) is 0 Å². The largest absolute Gasteiger partial charge is 0.493 e. The zero-order valence-electron chi connectivity index (χ0n) is 8.32. The van der Waals surface area contributed by atoms with E-state index in [-0.39, 0.29) is 0 Å². The van der Waals surface area contributed by atoms with Crippen LogP contribution in [0.2, 0.25) is 0 Å². The topological polar surface area (TPSA) is 43.4 Å². The van der Waals surface area contributed by atoms with Crippen LogP contribution in [0.4, 0.5) is 0 Å². The Kier molecular flexibility index (Phi) is 2.37. The van der Waals surface area contributed by atoms with Gasteiger partial charge in [-0.1, -0.05) is 24.3 Å². The third kappa shape index (κ3) is 1.56. The van der Waals surface area contributed by atoms with Crippen LogP contribution >= 0.6 is 0 Å². The maximum atomic E-state index is 11.5. The van der Waals surface area contributed by atoms with E-state index >= 15 is 0 Å². The molecule has 2 rings (SSSR count). The molecule has 0 amide bonds. The van der Waals surface area contributed by atoms with Crippen molar-refractivity contribution in [3.05, 3.63) is 41.5 Å². The van der Waals surface area contributed by atoms with Gasteiger partial charge in [-0.15, -0.1) is 0 Å². The lowest BCUT2D eigenvalue weighted by molar-refractivity contribution is -0.111. The Hall–Kier alpha value is -1.90. The Bertz CT molecular complexity index is 458. The van der Waals surface area contributed by atoms with E-state index in [4.69, 9.17) is 4.74 Å². The fraction of sp³-hybridized carbons (Fsp3) is 0.167. The summed E-state index contributed by atoms with van der Waals surface area (Å²) in [5.41, 5.74) is 1.12. The molecular weight excluding hydrogens is 192 g/mol. The van der Waals surface area contributed by atoms with Gasteiger partial charge in [0.05, 0.1) is 6.61 Å². The molecule has 0 bridgehead atoms. The van der Waals surface area contributed by atoms with Crippen molar-refractivity contribution in [2.24, 2.45) is 0 Å². The summed E-state index contributed by atoms with van der Waals surface area (Å²) in [4.78, 5) is 22.9. The van der Waals surface area contributed by atoms with Crippen molar-refractivity contribution >= 4 is 17.3 Å². The first-order valence-corrected chi connectivity index (χ1v) is 4.76. The van der Waals surface area contributed by atoms with Crippen molar-refractivity contribution in [3.63, 3.8) is 0 Å². The minimum Gasteiger partial charge on any atom is -0.493 e. The lowest BCUT2D eigenvalue weighted by Gasteiger charge is -2.15. The molecule has 0 saturated carbocycles. The molecule has 0 spiro atoms. The molecule has 3 heteroatoms. The van der Waals surface area contributed by atoms with Gasteiger partial charge in [0.25, 0.3) is 0 Å². The van der Waals surface area contributed by atoms with Crippen LogP contribution in [0.25, 0.3) is 5.76 Å². The smallest absolute Gasteiger partial charge is 0.233 e. The number of rotatable bonds is 2. The second-order valence-corrected chi connectivity index (χ2v) is 3.18. The van der Waals surface area contributed by atoms with Gasteiger partial charge < -0.3 is 4.74 Å². The molecule has 3 nitrogen and oxygen atoms in total. The zero-order chi connectivity index (χ0) is 10.8. The predicted octanol–water partition coefficient (Wildman–Crippen LogP) is 1.83. The van der Waals surface area contributed by atoms with Gasteiger partial charge in [0.1, 0.15) is 5.76 Å². The van der Waals surface area contributed by atoms with Crippen LogP contribution in [0.3, 0.4) is 0 Å². The minimum absolute atomic E-state index is 0.424. The molecule has 1 aromatic rings. The van der Waals surface area contributed by atoms with Gasteiger partial charge in [0, 0.05) is 17.2 Å². The summed E-state index contributed by atoms with van der Waals surface area (Å²) >= 11 is 0. The van der Waals surface area contributed by atoms with Crippen LogP contribution in [0.15, 0.2) is 30.3 Å². The monoisotopic (exact) mass is 202 g/mol. The average Bonchev–Trinajstić information content (AvgIpc) is 2.26. The normalized spacial score (nSPS) is 14.6. The van der Waals surface area contributed by atoms with E-state index in [1.165, 1.54) is 6.08 Å². The molecule has 0 atom stereocenters. The van der Waals surface area contributed by atoms with E-state index in [1.54, 1.807) is 18.2 Å². The molecule has 0 heterocycles. The summed E-state index contributed by atoms with van der Waals surface area (Å²) in [6.07, 6.45) is 1.26. The van der Waals surface area contributed by atoms with Crippen LogP contribution in [0.1, 0.15) is 22.8 Å². The van der Waals surface area contributed by atoms with Crippen LogP contribution in [-0.4, -0.2) is 18.2 Å². The third-order valence-electron chi connectivity index (χ3n) is 2.22. The molecule has 1 aliphatic carbocycles. The van der Waals surface area contributed by atoms with Gasteiger partial charge in [-0.05, 0) is 6.92 Å². The van der Waals surface area contributed by atoms with Gasteiger partial charge in [0.2, 0.25) is 11.6 Å². The summed E-state index contributed by atoms with van der Waals surface area (Å²) in [6.45, 7) is 2.31. The van der Waals surface area contributed by atoms with Crippen molar-refractivity contribution in [3.8, 4) is 0 Å². The highest BCUT2D eigenvalue weighted by atomic mass is 16.5. The first kappa shape index (κ1) is 9.65. The van der Waals surface area contributed by atoms with E-state index < -0.39 is 11.6 Å². The highest BCUT2D eigenvalue weighted by Gasteiger charge is 2.25. The van der Waals surface area contributed by atoms with Gasteiger partial charge in [0.15, 0.2) is 0 Å². The molecule has 0 saturated heterocycles. The maximum absolute atomic E-state index is 11.5. The number of hydrogen-bond acceptors (Lipinski definition) is 3. The molecule has 0 radical (unpaired) electrons. The van der Waals surface area contributed by atoms with Gasteiger partial charge in [-0.2, -0.15) is 0 Å². The van der Waals surface area contributed by atoms with Crippen LogP contribution < -0.4 is 0 Å². The lowest BCUT2D eigenvalue weighted by atomic mass is 9.94. The van der Waals surface area contributed by atoms with E-state index in [0.29, 0.717) is 23.5 Å². The van der Waals surface area contributed by atoms with E-state index in [9.17, 15) is 9.59 Å². The summed E-state index contributed by atoms with van der Waals surface area (Å²) in [6, 6.07) is 6.97. The summed E-state index contributed by atoms with van der Waals surface area (Å²) in [5.74, 6) is -0.496. The Morgan fingerprint density at radius 1 is 1.13 bits per heavy atom. The molecule has 0 N–H and O–H groups in total. The van der Waals surface area contributed by atoms with Crippen LogP contribution in [0.5, 0.6) is 0 Å². The zero-order valence-corrected chi connectivity index (χ0v) is 8.32. The Morgan fingerprint density at radius 3 is 2.47 bits per heavy atom. The SMILES string of the molecule is CCOC1=CC(=O)C(=O)c2ccccc21. The quantitative estimate of drug-likeness (QED) is 0.687. The van der Waals surface area contributed by atoms with Crippen molar-refractivity contribution in [2.45, 2.75) is 6.92 Å². The third-order valence-corrected chi connectivity index (χ3v) is 2.22. The first-order chi connectivity index (χ1) is 7.24. The lowest BCUT2D eigenvalue weighted by Crippen LogP contribution is -2.19. The maximum Gasteiger partial charge on any atom is 0.233 e. The summed E-state index contributed by atoms with van der Waals surface area (Å²) in [7, 11) is 0. The first-order valence-electron chi connectivity index (χ1n) is 4.76. The average molecular weight is 202 g/mol. The summed E-state index contributed by atoms with van der Waals surface area (Å²) in [5, 5.41) is 0. The highest BCUT2D eigenvalue weighted by Crippen LogP contribution is 2.25. The van der Waals surface area contributed by atoms with Crippen LogP contribution in [-0.2, 0) is 9.53 Å². The number of allylic oxidation sites excluding steroid dienone is 1. The van der Waals surface area contributed by atoms with Crippen molar-refractivity contribution in [2.75, 3.05) is 6.61 Å². The van der Waals surface area contributed by atoms with Crippen LogP contribution in [0, 0.1) is 0 Å². The second kappa shape index (κ2) is 3.69. The Morgan fingerprint density at radius 2 is 1.80 bits per heavy atom. The number of carbonyl (C=O) groups is 2. The molecule has 0 aliphatic heterocycles. The molecular formula is C12H10O3. The Balaban J connectivity index is 2.55. The number of ether oxygens (including phenoxy) is 1. The molecule has 0 unspecified atom stereocenters. The van der Waals surface area contributed by atoms with Gasteiger partial charge >= 0.3 is 0 Å². The van der Waals surface area contributed by atoms with Crippen molar-refractivity contribution < 1.29 is 14.3 Å². The van der Waals surface area contributed by atoms with Crippen molar-refractivity contribution in [1.82, 2.24) is 0 Å². The summed E-state index contributed by atoms with van der Waals surface area (Å²) < 4.78 is 5.32. The molecule has 15 heavy (non-hydrogen) atoms. The number of Topliss-reactive ketones (excluding diaryl/α,β-unsaturated/α-hetero) is 1. The Labute approximate surface area is 87.4 Å².